The van der Waals surface area contributed by atoms with Crippen LogP contribution in [0.25, 0.3) is 0 Å². The van der Waals surface area contributed by atoms with E-state index < -0.39 is 18.0 Å². The monoisotopic (exact) mass is 414 g/mol. The van der Waals surface area contributed by atoms with E-state index in [9.17, 15) is 9.59 Å². The van der Waals surface area contributed by atoms with Crippen LogP contribution in [-0.4, -0.2) is 29.2 Å². The predicted molar refractivity (Wildman–Crippen MR) is 116 cm³/mol. The van der Waals surface area contributed by atoms with Crippen LogP contribution in [0.2, 0.25) is 0 Å². The number of hydrogen-bond acceptors (Lipinski definition) is 4. The average molecular weight is 415 g/mol. The van der Waals surface area contributed by atoms with E-state index in [4.69, 9.17) is 17.0 Å². The van der Waals surface area contributed by atoms with Gasteiger partial charge in [-0.15, -0.1) is 0 Å². The Kier molecular flexibility index (Phi) is 8.91. The van der Waals surface area contributed by atoms with Crippen LogP contribution in [0.4, 0.5) is 4.79 Å². The van der Waals surface area contributed by atoms with Crippen molar-refractivity contribution in [1.29, 1.82) is 0 Å². The molecule has 0 radical (unpaired) electrons. The van der Waals surface area contributed by atoms with E-state index in [1.807, 2.05) is 74.5 Å². The minimum absolute atomic E-state index is 0.118. The lowest BCUT2D eigenvalue weighted by Crippen LogP contribution is -2.55. The largest absolute Gasteiger partial charge is 0.445 e. The van der Waals surface area contributed by atoms with Gasteiger partial charge in [0.05, 0.1) is 0 Å². The summed E-state index contributed by atoms with van der Waals surface area (Å²) >= 11 is 5.10. The third-order valence-electron chi connectivity index (χ3n) is 3.82. The van der Waals surface area contributed by atoms with Gasteiger partial charge in [0.2, 0.25) is 0 Å². The molecule has 0 aliphatic rings. The lowest BCUT2D eigenvalue weighted by molar-refractivity contribution is -0.123. The van der Waals surface area contributed by atoms with Crippen molar-refractivity contribution in [1.82, 2.24) is 21.5 Å². The van der Waals surface area contributed by atoms with Crippen LogP contribution < -0.4 is 21.5 Å². The summed E-state index contributed by atoms with van der Waals surface area (Å²) in [5.74, 6) is -0.432. The van der Waals surface area contributed by atoms with Gasteiger partial charge in [0.1, 0.15) is 12.6 Å². The molecule has 2 amide bonds. The number of thiocarbonyl (C=S) groups is 1. The molecule has 0 fully saturated rings. The van der Waals surface area contributed by atoms with E-state index in [1.165, 1.54) is 0 Å². The average Bonchev–Trinajstić information content (AvgIpc) is 2.71. The zero-order valence-electron chi connectivity index (χ0n) is 16.5. The van der Waals surface area contributed by atoms with E-state index in [2.05, 4.69) is 21.5 Å². The highest BCUT2D eigenvalue weighted by atomic mass is 32.1. The Morgan fingerprint density at radius 3 is 2.07 bits per heavy atom. The van der Waals surface area contributed by atoms with E-state index in [1.54, 1.807) is 0 Å². The Hall–Kier alpha value is -3.13. The summed E-state index contributed by atoms with van der Waals surface area (Å²) in [4.78, 5) is 24.8. The molecule has 0 saturated heterocycles. The van der Waals surface area contributed by atoms with E-state index in [0.717, 1.165) is 11.1 Å². The zero-order valence-corrected chi connectivity index (χ0v) is 17.3. The van der Waals surface area contributed by atoms with Crippen LogP contribution in [0, 0.1) is 0 Å². The number of ether oxygens (including phenoxy) is 1. The highest BCUT2D eigenvalue weighted by Crippen LogP contribution is 2.05. The van der Waals surface area contributed by atoms with Crippen molar-refractivity contribution in [2.45, 2.75) is 39.0 Å². The number of amides is 2. The standard InChI is InChI=1S/C21H26N4O3S/c1-15(2)22-20(29)25-24-19(26)18(13-16-9-5-3-6-10-16)23-21(27)28-14-17-11-7-4-8-12-17/h3-12,15,18H,13-14H2,1-2H3,(H,23,27)(H,24,26)(H2,22,25,29)/t18-/m0/s1. The highest BCUT2D eigenvalue weighted by molar-refractivity contribution is 7.80. The summed E-state index contributed by atoms with van der Waals surface area (Å²) < 4.78 is 5.24. The SMILES string of the molecule is CC(C)NC(=S)NNC(=O)[C@H](Cc1ccccc1)NC(=O)OCc1ccccc1. The molecule has 8 heteroatoms. The first kappa shape index (κ1) is 22.2. The maximum Gasteiger partial charge on any atom is 0.408 e. The molecule has 0 heterocycles. The Labute approximate surface area is 176 Å². The Balaban J connectivity index is 1.95. The molecular weight excluding hydrogens is 388 g/mol. The molecule has 0 aromatic heterocycles. The third-order valence-corrected chi connectivity index (χ3v) is 4.04. The molecule has 154 valence electrons. The molecule has 7 nitrogen and oxygen atoms in total. The van der Waals surface area contributed by atoms with E-state index in [-0.39, 0.29) is 12.6 Å². The molecule has 0 aliphatic carbocycles. The topological polar surface area (TPSA) is 91.5 Å². The lowest BCUT2D eigenvalue weighted by Gasteiger charge is -2.20. The van der Waals surface area contributed by atoms with Crippen molar-refractivity contribution in [3.63, 3.8) is 0 Å². The quantitative estimate of drug-likeness (QED) is 0.411. The molecule has 4 N–H and O–H groups in total. The van der Waals surface area contributed by atoms with Crippen molar-refractivity contribution in [3.05, 3.63) is 71.8 Å². The normalized spacial score (nSPS) is 11.3. The first-order valence-electron chi connectivity index (χ1n) is 9.31. The van der Waals surface area contributed by atoms with Gasteiger partial charge < -0.3 is 15.4 Å². The van der Waals surface area contributed by atoms with E-state index in [0.29, 0.717) is 11.5 Å². The van der Waals surface area contributed by atoms with Crippen molar-refractivity contribution in [3.8, 4) is 0 Å². The van der Waals surface area contributed by atoms with Gasteiger partial charge in [0, 0.05) is 12.5 Å². The summed E-state index contributed by atoms with van der Waals surface area (Å²) in [5.41, 5.74) is 6.93. The summed E-state index contributed by atoms with van der Waals surface area (Å²) in [6.07, 6.45) is -0.369. The molecule has 0 spiro atoms. The van der Waals surface area contributed by atoms with Gasteiger partial charge in [-0.25, -0.2) is 4.79 Å². The van der Waals surface area contributed by atoms with Crippen LogP contribution in [0.5, 0.6) is 0 Å². The second-order valence-corrected chi connectivity index (χ2v) is 7.10. The Morgan fingerprint density at radius 2 is 1.48 bits per heavy atom. The minimum atomic E-state index is -0.838. The van der Waals surface area contributed by atoms with Crippen molar-refractivity contribution < 1.29 is 14.3 Å². The number of carbonyl (C=O) groups is 2. The predicted octanol–water partition coefficient (Wildman–Crippen LogP) is 2.43. The number of hydrogen-bond donors (Lipinski definition) is 4. The Morgan fingerprint density at radius 1 is 0.897 bits per heavy atom. The van der Waals surface area contributed by atoms with Crippen molar-refractivity contribution in [2.24, 2.45) is 0 Å². The molecule has 0 bridgehead atoms. The molecule has 2 aromatic rings. The molecule has 2 rings (SSSR count). The van der Waals surface area contributed by atoms with Crippen LogP contribution in [0.15, 0.2) is 60.7 Å². The fraction of sp³-hybridized carbons (Fsp3) is 0.286. The maximum atomic E-state index is 12.6. The number of alkyl carbamates (subject to hydrolysis) is 1. The van der Waals surface area contributed by atoms with Gasteiger partial charge in [-0.2, -0.15) is 0 Å². The molecule has 1 atom stereocenters. The molecular formula is C21H26N4O3S. The summed E-state index contributed by atoms with van der Waals surface area (Å²) in [6, 6.07) is 18.0. The number of nitrogens with one attached hydrogen (secondary N) is 4. The van der Waals surface area contributed by atoms with Crippen molar-refractivity contribution >= 4 is 29.3 Å². The molecule has 0 saturated carbocycles. The fourth-order valence-corrected chi connectivity index (χ4v) is 2.76. The van der Waals surface area contributed by atoms with Crippen LogP contribution >= 0.6 is 12.2 Å². The molecule has 29 heavy (non-hydrogen) atoms. The smallest absolute Gasteiger partial charge is 0.408 e. The molecule has 0 aliphatic heterocycles. The van der Waals surface area contributed by atoms with Gasteiger partial charge in [0.25, 0.3) is 5.91 Å². The van der Waals surface area contributed by atoms with Gasteiger partial charge in [-0.3, -0.25) is 15.6 Å². The summed E-state index contributed by atoms with van der Waals surface area (Å²) in [5, 5.41) is 5.87. The van der Waals surface area contributed by atoms with E-state index >= 15 is 0 Å². The summed E-state index contributed by atoms with van der Waals surface area (Å²) in [6.45, 7) is 3.98. The lowest BCUT2D eigenvalue weighted by atomic mass is 10.1. The second-order valence-electron chi connectivity index (χ2n) is 6.69. The van der Waals surface area contributed by atoms with Gasteiger partial charge >= 0.3 is 6.09 Å². The fourth-order valence-electron chi connectivity index (χ4n) is 2.47. The number of benzene rings is 2. The number of hydrazine groups is 1. The van der Waals surface area contributed by atoms with Crippen LogP contribution in [-0.2, 0) is 22.6 Å². The summed E-state index contributed by atoms with van der Waals surface area (Å²) in [7, 11) is 0. The first-order valence-corrected chi connectivity index (χ1v) is 9.72. The highest BCUT2D eigenvalue weighted by Gasteiger charge is 2.22. The second kappa shape index (κ2) is 11.7. The molecule has 0 unspecified atom stereocenters. The van der Waals surface area contributed by atoms with Gasteiger partial charge in [-0.1, -0.05) is 60.7 Å². The number of carbonyl (C=O) groups excluding carboxylic acids is 2. The van der Waals surface area contributed by atoms with Crippen molar-refractivity contribution in [2.75, 3.05) is 0 Å². The maximum absolute atomic E-state index is 12.6. The van der Waals surface area contributed by atoms with Gasteiger partial charge in [-0.05, 0) is 37.2 Å². The zero-order chi connectivity index (χ0) is 21.1. The van der Waals surface area contributed by atoms with Crippen LogP contribution in [0.1, 0.15) is 25.0 Å². The molecule has 2 aromatic carbocycles. The minimum Gasteiger partial charge on any atom is -0.445 e. The van der Waals surface area contributed by atoms with Crippen LogP contribution in [0.3, 0.4) is 0 Å². The Bertz CT molecular complexity index is 800. The number of rotatable bonds is 7. The third kappa shape index (κ3) is 8.61. The first-order chi connectivity index (χ1) is 13.9. The van der Waals surface area contributed by atoms with Gasteiger partial charge in [0.15, 0.2) is 5.11 Å².